The molecule has 38 heavy (non-hydrogen) atoms. The predicted octanol–water partition coefficient (Wildman–Crippen LogP) is 10.3. The Bertz CT molecular complexity index is 1040. The van der Waals surface area contributed by atoms with E-state index in [1.807, 2.05) is 12.1 Å². The number of carbonyl (C=O) groups is 1. The van der Waals surface area contributed by atoms with E-state index >= 15 is 0 Å². The second-order valence-corrected chi connectivity index (χ2v) is 14.6. The molecule has 8 unspecified atom stereocenters. The molecular formula is C34H50ClNO2. The van der Waals surface area contributed by atoms with Gasteiger partial charge in [0.25, 0.3) is 0 Å². The Hall–Kier alpha value is -1.48. The van der Waals surface area contributed by atoms with E-state index in [9.17, 15) is 4.79 Å². The summed E-state index contributed by atoms with van der Waals surface area (Å²) in [6, 6.07) is 7.23. The lowest BCUT2D eigenvalue weighted by molar-refractivity contribution is -0.0577. The van der Waals surface area contributed by atoms with Crippen LogP contribution in [0, 0.1) is 46.3 Å². The third-order valence-electron chi connectivity index (χ3n) is 11.6. The maximum atomic E-state index is 12.6. The average molecular weight is 540 g/mol. The lowest BCUT2D eigenvalue weighted by atomic mass is 9.47. The average Bonchev–Trinajstić information content (AvgIpc) is 3.21. The van der Waals surface area contributed by atoms with Crippen LogP contribution in [0.25, 0.3) is 0 Å². The fraction of sp³-hybridized carbons (Fsp3) is 0.735. The number of fused-ring (bicyclic) bond motifs is 5. The molecule has 4 heteroatoms. The summed E-state index contributed by atoms with van der Waals surface area (Å²) in [4.78, 5) is 12.6. The highest BCUT2D eigenvalue weighted by Gasteiger charge is 2.59. The van der Waals surface area contributed by atoms with Gasteiger partial charge in [-0.2, -0.15) is 0 Å². The minimum Gasteiger partial charge on any atom is -0.446 e. The van der Waals surface area contributed by atoms with Gasteiger partial charge in [0.15, 0.2) is 0 Å². The van der Waals surface area contributed by atoms with E-state index in [0.29, 0.717) is 16.1 Å². The van der Waals surface area contributed by atoms with Gasteiger partial charge in [-0.1, -0.05) is 83.2 Å². The fourth-order valence-corrected chi connectivity index (χ4v) is 9.81. The second-order valence-electron chi connectivity index (χ2n) is 14.2. The molecule has 3 saturated carbocycles. The largest absolute Gasteiger partial charge is 0.446 e. The lowest BCUT2D eigenvalue weighted by Gasteiger charge is -2.58. The van der Waals surface area contributed by atoms with E-state index in [0.717, 1.165) is 54.8 Å². The van der Waals surface area contributed by atoms with E-state index in [4.69, 9.17) is 16.3 Å². The van der Waals surface area contributed by atoms with Crippen molar-refractivity contribution in [2.24, 2.45) is 46.3 Å². The molecule has 3 fully saturated rings. The minimum absolute atomic E-state index is 0.0403. The number of carbonyl (C=O) groups excluding carboxylic acids is 1. The van der Waals surface area contributed by atoms with Crippen LogP contribution < -0.4 is 5.32 Å². The quantitative estimate of drug-likeness (QED) is 0.350. The van der Waals surface area contributed by atoms with Crippen molar-refractivity contribution >= 4 is 23.4 Å². The molecule has 0 heterocycles. The molecule has 1 amide bonds. The zero-order valence-electron chi connectivity index (χ0n) is 24.4. The topological polar surface area (TPSA) is 38.3 Å². The second kappa shape index (κ2) is 11.2. The standard InChI is InChI=1S/C34H50ClNO2/c1-22(2)8-6-9-23(3)29-14-15-30-28-13-12-24-20-27(38-32(37)36-26-11-7-10-25(35)21-26)16-18-33(24,4)31(28)17-19-34(29,30)5/h7,10-12,21-23,27-31H,6,8-9,13-20H2,1-5H3,(H,36,37). The number of benzene rings is 1. The highest BCUT2D eigenvalue weighted by molar-refractivity contribution is 6.30. The van der Waals surface area contributed by atoms with Gasteiger partial charge in [-0.25, -0.2) is 4.79 Å². The summed E-state index contributed by atoms with van der Waals surface area (Å²) in [5, 5.41) is 3.46. The van der Waals surface area contributed by atoms with Crippen molar-refractivity contribution in [2.75, 3.05) is 5.32 Å². The third kappa shape index (κ3) is 5.43. The molecule has 0 aliphatic heterocycles. The van der Waals surface area contributed by atoms with Crippen molar-refractivity contribution in [3.63, 3.8) is 0 Å². The van der Waals surface area contributed by atoms with Gasteiger partial charge in [0.1, 0.15) is 6.10 Å². The van der Waals surface area contributed by atoms with E-state index in [1.165, 1.54) is 51.4 Å². The van der Waals surface area contributed by atoms with Crippen LogP contribution in [0.5, 0.6) is 0 Å². The first-order valence-corrected chi connectivity index (χ1v) is 15.9. The number of hydrogen-bond donors (Lipinski definition) is 1. The van der Waals surface area contributed by atoms with Crippen LogP contribution in [-0.2, 0) is 4.74 Å². The zero-order chi connectivity index (χ0) is 27.1. The van der Waals surface area contributed by atoms with Gasteiger partial charge in [0, 0.05) is 17.1 Å². The van der Waals surface area contributed by atoms with Crippen molar-refractivity contribution in [3.05, 3.63) is 40.9 Å². The Morgan fingerprint density at radius 3 is 2.66 bits per heavy atom. The molecule has 1 aromatic carbocycles. The van der Waals surface area contributed by atoms with Gasteiger partial charge in [0.2, 0.25) is 0 Å². The number of anilines is 1. The summed E-state index contributed by atoms with van der Waals surface area (Å²) in [6.45, 7) is 12.5. The van der Waals surface area contributed by atoms with E-state index < -0.39 is 0 Å². The highest BCUT2D eigenvalue weighted by Crippen LogP contribution is 2.67. The zero-order valence-corrected chi connectivity index (χ0v) is 25.2. The Labute approximate surface area is 236 Å². The Morgan fingerprint density at radius 1 is 1.08 bits per heavy atom. The molecule has 0 radical (unpaired) electrons. The Balaban J connectivity index is 1.22. The van der Waals surface area contributed by atoms with Gasteiger partial charge < -0.3 is 4.74 Å². The Kier molecular flexibility index (Phi) is 8.26. The molecule has 0 bridgehead atoms. The van der Waals surface area contributed by atoms with Crippen LogP contribution in [0.1, 0.15) is 105 Å². The van der Waals surface area contributed by atoms with Gasteiger partial charge in [-0.3, -0.25) is 5.32 Å². The van der Waals surface area contributed by atoms with Crippen LogP contribution in [-0.4, -0.2) is 12.2 Å². The monoisotopic (exact) mass is 539 g/mol. The molecule has 0 aromatic heterocycles. The van der Waals surface area contributed by atoms with Gasteiger partial charge in [-0.15, -0.1) is 0 Å². The van der Waals surface area contributed by atoms with Gasteiger partial charge >= 0.3 is 6.09 Å². The molecule has 4 aliphatic rings. The van der Waals surface area contributed by atoms with Crippen LogP contribution in [0.15, 0.2) is 35.9 Å². The van der Waals surface area contributed by atoms with E-state index in [2.05, 4.69) is 46.0 Å². The molecule has 0 saturated heterocycles. The summed E-state index contributed by atoms with van der Waals surface area (Å²) in [6.07, 6.45) is 16.2. The SMILES string of the molecule is CC(C)CCCC(C)C1CCC2C3CC=C4CC(OC(=O)Nc5cccc(Cl)c5)CCC4(C)C3CCC12C. The van der Waals surface area contributed by atoms with Crippen molar-refractivity contribution in [1.29, 1.82) is 0 Å². The number of hydrogen-bond acceptors (Lipinski definition) is 2. The highest BCUT2D eigenvalue weighted by atomic mass is 35.5. The van der Waals surface area contributed by atoms with Crippen LogP contribution in [0.3, 0.4) is 0 Å². The van der Waals surface area contributed by atoms with Gasteiger partial charge in [-0.05, 0) is 109 Å². The maximum absolute atomic E-state index is 12.6. The molecular weight excluding hydrogens is 490 g/mol. The molecule has 3 nitrogen and oxygen atoms in total. The molecule has 1 aromatic rings. The molecule has 4 aliphatic carbocycles. The number of ether oxygens (including phenoxy) is 1. The van der Waals surface area contributed by atoms with Crippen molar-refractivity contribution in [1.82, 2.24) is 0 Å². The van der Waals surface area contributed by atoms with Gasteiger partial charge in [0.05, 0.1) is 0 Å². The first kappa shape index (κ1) is 28.1. The van der Waals surface area contributed by atoms with Crippen LogP contribution in [0.4, 0.5) is 10.5 Å². The van der Waals surface area contributed by atoms with Crippen molar-refractivity contribution < 1.29 is 9.53 Å². The maximum Gasteiger partial charge on any atom is 0.411 e. The number of rotatable bonds is 7. The molecule has 210 valence electrons. The third-order valence-corrected chi connectivity index (χ3v) is 11.8. The first-order chi connectivity index (χ1) is 18.1. The van der Waals surface area contributed by atoms with Crippen LogP contribution >= 0.6 is 11.6 Å². The molecule has 5 rings (SSSR count). The van der Waals surface area contributed by atoms with E-state index in [-0.39, 0.29) is 17.6 Å². The predicted molar refractivity (Wildman–Crippen MR) is 158 cm³/mol. The summed E-state index contributed by atoms with van der Waals surface area (Å²) >= 11 is 6.06. The fourth-order valence-electron chi connectivity index (χ4n) is 9.62. The summed E-state index contributed by atoms with van der Waals surface area (Å²) < 4.78 is 5.90. The minimum atomic E-state index is -0.372. The number of halogens is 1. The molecule has 1 N–H and O–H groups in total. The van der Waals surface area contributed by atoms with Crippen molar-refractivity contribution in [3.8, 4) is 0 Å². The summed E-state index contributed by atoms with van der Waals surface area (Å²) in [5.74, 6) is 5.09. The van der Waals surface area contributed by atoms with Crippen LogP contribution in [0.2, 0.25) is 5.02 Å². The number of nitrogens with one attached hydrogen (secondary N) is 1. The smallest absolute Gasteiger partial charge is 0.411 e. The number of allylic oxidation sites excluding steroid dienone is 1. The lowest BCUT2D eigenvalue weighted by Crippen LogP contribution is -2.51. The first-order valence-electron chi connectivity index (χ1n) is 15.5. The summed E-state index contributed by atoms with van der Waals surface area (Å²) in [7, 11) is 0. The molecule has 0 spiro atoms. The Morgan fingerprint density at radius 2 is 1.89 bits per heavy atom. The normalized spacial score (nSPS) is 37.0. The van der Waals surface area contributed by atoms with Crippen molar-refractivity contribution in [2.45, 2.75) is 111 Å². The number of amides is 1. The summed E-state index contributed by atoms with van der Waals surface area (Å²) in [5.41, 5.74) is 3.04. The molecule has 8 atom stereocenters. The van der Waals surface area contributed by atoms with E-state index in [1.54, 1.807) is 17.7 Å².